The van der Waals surface area contributed by atoms with E-state index in [9.17, 15) is 4.79 Å². The number of fused-ring (bicyclic) bond motifs is 1. The minimum absolute atomic E-state index is 0.0564. The van der Waals surface area contributed by atoms with Crippen LogP contribution in [0.2, 0.25) is 0 Å². The first-order valence-electron chi connectivity index (χ1n) is 10.4. The SMILES string of the molecule is CCN1c2cc(OC)c(/C=N/NC(=O)CCc3ccccc3)cc2C(C)=CC1(C)C. The van der Waals surface area contributed by atoms with Crippen molar-refractivity contribution in [2.24, 2.45) is 5.10 Å². The van der Waals surface area contributed by atoms with Crippen LogP contribution in [0.1, 0.15) is 50.8 Å². The molecule has 5 nitrogen and oxygen atoms in total. The molecule has 5 heteroatoms. The number of ether oxygens (including phenoxy) is 1. The molecular weight excluding hydrogens is 374 g/mol. The van der Waals surface area contributed by atoms with E-state index >= 15 is 0 Å². The van der Waals surface area contributed by atoms with Gasteiger partial charge in [0.2, 0.25) is 5.91 Å². The normalized spacial score (nSPS) is 15.0. The van der Waals surface area contributed by atoms with Crippen molar-refractivity contribution in [1.82, 2.24) is 5.43 Å². The molecule has 2 aromatic rings. The summed E-state index contributed by atoms with van der Waals surface area (Å²) in [6.07, 6.45) is 5.03. The fourth-order valence-corrected chi connectivity index (χ4v) is 4.11. The van der Waals surface area contributed by atoms with Crippen LogP contribution < -0.4 is 15.1 Å². The van der Waals surface area contributed by atoms with Gasteiger partial charge < -0.3 is 9.64 Å². The van der Waals surface area contributed by atoms with Crippen LogP contribution in [-0.4, -0.2) is 31.3 Å². The maximum atomic E-state index is 12.1. The summed E-state index contributed by atoms with van der Waals surface area (Å²) in [5.41, 5.74) is 8.09. The fraction of sp³-hybridized carbons (Fsp3) is 0.360. The zero-order valence-corrected chi connectivity index (χ0v) is 18.5. The second-order valence-electron chi connectivity index (χ2n) is 8.12. The van der Waals surface area contributed by atoms with Gasteiger partial charge in [-0.1, -0.05) is 36.4 Å². The van der Waals surface area contributed by atoms with Gasteiger partial charge in [-0.05, 0) is 51.3 Å². The van der Waals surface area contributed by atoms with Gasteiger partial charge in [0, 0.05) is 35.8 Å². The Morgan fingerprint density at radius 2 is 1.97 bits per heavy atom. The van der Waals surface area contributed by atoms with Crippen LogP contribution in [-0.2, 0) is 11.2 Å². The molecule has 0 unspecified atom stereocenters. The highest BCUT2D eigenvalue weighted by Gasteiger charge is 2.31. The molecule has 1 N–H and O–H groups in total. The number of nitrogens with one attached hydrogen (secondary N) is 1. The maximum Gasteiger partial charge on any atom is 0.240 e. The van der Waals surface area contributed by atoms with Gasteiger partial charge in [0.25, 0.3) is 0 Å². The largest absolute Gasteiger partial charge is 0.496 e. The molecule has 1 aliphatic heterocycles. The molecule has 158 valence electrons. The lowest BCUT2D eigenvalue weighted by atomic mass is 9.88. The van der Waals surface area contributed by atoms with E-state index < -0.39 is 0 Å². The van der Waals surface area contributed by atoms with Gasteiger partial charge in [0.15, 0.2) is 0 Å². The van der Waals surface area contributed by atoms with Crippen LogP contribution in [0.5, 0.6) is 5.75 Å². The van der Waals surface area contributed by atoms with E-state index in [1.54, 1.807) is 13.3 Å². The van der Waals surface area contributed by atoms with E-state index in [2.05, 4.69) is 61.3 Å². The lowest BCUT2D eigenvalue weighted by Gasteiger charge is -2.43. The van der Waals surface area contributed by atoms with Crippen LogP contribution in [0.25, 0.3) is 5.57 Å². The Bertz CT molecular complexity index is 962. The molecule has 0 radical (unpaired) electrons. The zero-order chi connectivity index (χ0) is 21.7. The number of hydrogen-bond donors (Lipinski definition) is 1. The van der Waals surface area contributed by atoms with Crippen molar-refractivity contribution in [3.63, 3.8) is 0 Å². The average molecular weight is 406 g/mol. The van der Waals surface area contributed by atoms with Gasteiger partial charge in [-0.15, -0.1) is 0 Å². The number of rotatable bonds is 7. The van der Waals surface area contributed by atoms with E-state index in [4.69, 9.17) is 4.74 Å². The lowest BCUT2D eigenvalue weighted by molar-refractivity contribution is -0.121. The van der Waals surface area contributed by atoms with Crippen LogP contribution in [0.4, 0.5) is 5.69 Å². The third-order valence-corrected chi connectivity index (χ3v) is 5.52. The molecule has 1 aliphatic rings. The highest BCUT2D eigenvalue weighted by atomic mass is 16.5. The van der Waals surface area contributed by atoms with E-state index in [-0.39, 0.29) is 11.4 Å². The zero-order valence-electron chi connectivity index (χ0n) is 18.5. The number of amides is 1. The maximum absolute atomic E-state index is 12.1. The van der Waals surface area contributed by atoms with Gasteiger partial charge in [-0.2, -0.15) is 5.10 Å². The van der Waals surface area contributed by atoms with Gasteiger partial charge >= 0.3 is 0 Å². The summed E-state index contributed by atoms with van der Waals surface area (Å²) < 4.78 is 5.62. The molecule has 2 aromatic carbocycles. The summed E-state index contributed by atoms with van der Waals surface area (Å²) in [5.74, 6) is 0.627. The number of likely N-dealkylation sites (N-methyl/N-ethyl adjacent to an activating group) is 1. The highest BCUT2D eigenvalue weighted by molar-refractivity contribution is 5.91. The summed E-state index contributed by atoms with van der Waals surface area (Å²) in [5, 5.41) is 4.17. The van der Waals surface area contributed by atoms with Crippen LogP contribution in [0.15, 0.2) is 53.6 Å². The molecular formula is C25H31N3O2. The van der Waals surface area contributed by atoms with Crippen molar-refractivity contribution < 1.29 is 9.53 Å². The van der Waals surface area contributed by atoms with Crippen LogP contribution in [0, 0.1) is 0 Å². The second-order valence-corrected chi connectivity index (χ2v) is 8.12. The minimum Gasteiger partial charge on any atom is -0.496 e. The molecule has 0 aliphatic carbocycles. The Morgan fingerprint density at radius 1 is 1.23 bits per heavy atom. The fourth-order valence-electron chi connectivity index (χ4n) is 4.11. The Labute approximate surface area is 179 Å². The number of aryl methyl sites for hydroxylation is 1. The number of hydrogen-bond acceptors (Lipinski definition) is 4. The van der Waals surface area contributed by atoms with Gasteiger partial charge in [0.1, 0.15) is 5.75 Å². The quantitative estimate of drug-likeness (QED) is 0.532. The average Bonchev–Trinajstić information content (AvgIpc) is 2.72. The third kappa shape index (κ3) is 4.73. The van der Waals surface area contributed by atoms with E-state index in [1.165, 1.54) is 5.57 Å². The van der Waals surface area contributed by atoms with Crippen LogP contribution in [0.3, 0.4) is 0 Å². The topological polar surface area (TPSA) is 53.9 Å². The Hall–Kier alpha value is -3.08. The molecule has 0 fully saturated rings. The van der Waals surface area contributed by atoms with Crippen molar-refractivity contribution in [2.45, 2.75) is 46.1 Å². The van der Waals surface area contributed by atoms with E-state index in [1.807, 2.05) is 30.3 Å². The summed E-state index contributed by atoms with van der Waals surface area (Å²) >= 11 is 0. The van der Waals surface area contributed by atoms with Gasteiger partial charge in [-0.25, -0.2) is 5.43 Å². The molecule has 0 bridgehead atoms. The number of carbonyl (C=O) groups excluding carboxylic acids is 1. The number of hydrazone groups is 1. The van der Waals surface area contributed by atoms with Crippen molar-refractivity contribution in [3.05, 3.63) is 65.2 Å². The summed E-state index contributed by atoms with van der Waals surface area (Å²) in [4.78, 5) is 14.5. The number of nitrogens with zero attached hydrogens (tertiary/aromatic N) is 2. The molecule has 0 spiro atoms. The predicted octanol–water partition coefficient (Wildman–Crippen LogP) is 4.80. The van der Waals surface area contributed by atoms with E-state index in [0.717, 1.165) is 34.7 Å². The van der Waals surface area contributed by atoms with Crippen molar-refractivity contribution in [3.8, 4) is 5.75 Å². The molecule has 30 heavy (non-hydrogen) atoms. The van der Waals surface area contributed by atoms with Gasteiger partial charge in [0.05, 0.1) is 18.9 Å². The minimum atomic E-state index is -0.109. The standard InChI is InChI=1S/C25H31N3O2/c1-6-28-22-15-23(30-5)20(14-21(22)18(2)16-25(28,3)4)17-26-27-24(29)13-12-19-10-8-7-9-11-19/h7-11,14-17H,6,12-13H2,1-5H3,(H,27,29)/b26-17+. The number of methoxy groups -OCH3 is 1. The lowest BCUT2D eigenvalue weighted by Crippen LogP contribution is -2.44. The molecule has 1 amide bonds. The molecule has 0 saturated heterocycles. The Morgan fingerprint density at radius 3 is 2.63 bits per heavy atom. The number of allylic oxidation sites excluding steroid dienone is 1. The van der Waals surface area contributed by atoms with Crippen molar-refractivity contribution in [2.75, 3.05) is 18.6 Å². The summed E-state index contributed by atoms with van der Waals surface area (Å²) in [6.45, 7) is 9.63. The molecule has 0 atom stereocenters. The van der Waals surface area contributed by atoms with E-state index in [0.29, 0.717) is 12.8 Å². The first-order chi connectivity index (χ1) is 14.4. The molecule has 0 aromatic heterocycles. The first kappa shape index (κ1) is 21.6. The smallest absolute Gasteiger partial charge is 0.240 e. The summed E-state index contributed by atoms with van der Waals surface area (Å²) in [6, 6.07) is 14.1. The molecule has 3 rings (SSSR count). The Kier molecular flexibility index (Phi) is 6.60. The number of benzene rings is 2. The Balaban J connectivity index is 1.75. The first-order valence-corrected chi connectivity index (χ1v) is 10.4. The predicted molar refractivity (Wildman–Crippen MR) is 124 cm³/mol. The number of carbonyl (C=O) groups is 1. The van der Waals surface area contributed by atoms with Crippen molar-refractivity contribution >= 4 is 23.4 Å². The van der Waals surface area contributed by atoms with Gasteiger partial charge in [-0.3, -0.25) is 4.79 Å². The molecule has 1 heterocycles. The monoisotopic (exact) mass is 405 g/mol. The number of anilines is 1. The third-order valence-electron chi connectivity index (χ3n) is 5.52. The van der Waals surface area contributed by atoms with Crippen LogP contribution >= 0.6 is 0 Å². The molecule has 0 saturated carbocycles. The second kappa shape index (κ2) is 9.16. The highest BCUT2D eigenvalue weighted by Crippen LogP contribution is 2.41. The van der Waals surface area contributed by atoms with Crippen molar-refractivity contribution in [1.29, 1.82) is 0 Å². The summed E-state index contributed by atoms with van der Waals surface area (Å²) in [7, 11) is 1.66.